The number of rotatable bonds is 14. The lowest BCUT2D eigenvalue weighted by Gasteiger charge is -2.42. The molecule has 31 heavy (non-hydrogen) atoms. The van der Waals surface area contributed by atoms with Crippen LogP contribution in [-0.2, 0) is 33.3 Å². The predicted octanol–water partition coefficient (Wildman–Crippen LogP) is 4.35. The second-order valence-corrected chi connectivity index (χ2v) is 8.99. The van der Waals surface area contributed by atoms with E-state index in [9.17, 15) is 14.4 Å². The van der Waals surface area contributed by atoms with Gasteiger partial charge in [0, 0.05) is 20.8 Å². The van der Waals surface area contributed by atoms with Crippen molar-refractivity contribution in [3.63, 3.8) is 0 Å². The molecule has 7 nitrogen and oxygen atoms in total. The summed E-state index contributed by atoms with van der Waals surface area (Å²) >= 11 is 1.30. The molecule has 0 aromatic heterocycles. The molecule has 5 atom stereocenters. The molecule has 0 aromatic rings. The Morgan fingerprint density at radius 1 is 0.839 bits per heavy atom. The van der Waals surface area contributed by atoms with Crippen LogP contribution >= 0.6 is 11.8 Å². The minimum Gasteiger partial charge on any atom is -0.463 e. The van der Waals surface area contributed by atoms with Gasteiger partial charge >= 0.3 is 17.9 Å². The summed E-state index contributed by atoms with van der Waals surface area (Å²) in [7, 11) is 0. The molecule has 1 heterocycles. The third kappa shape index (κ3) is 11.2. The van der Waals surface area contributed by atoms with E-state index >= 15 is 4.39 Å². The van der Waals surface area contributed by atoms with Crippen LogP contribution in [-0.4, -0.2) is 60.2 Å². The molecule has 9 heteroatoms. The number of alkyl halides is 1. The number of hydrogen-bond donors (Lipinski definition) is 0. The fraction of sp³-hybridized carbons (Fsp3) is 0.864. The summed E-state index contributed by atoms with van der Waals surface area (Å²) < 4.78 is 36.3. The molecule has 0 saturated carbocycles. The molecule has 1 aliphatic rings. The molecule has 0 bridgehead atoms. The van der Waals surface area contributed by atoms with Crippen molar-refractivity contribution >= 4 is 29.7 Å². The summed E-state index contributed by atoms with van der Waals surface area (Å²) in [5.41, 5.74) is -0.915. The van der Waals surface area contributed by atoms with Gasteiger partial charge in [-0.3, -0.25) is 14.4 Å². The van der Waals surface area contributed by atoms with Crippen LogP contribution in [0.1, 0.15) is 79.1 Å². The van der Waals surface area contributed by atoms with Gasteiger partial charge in [-0.1, -0.05) is 51.9 Å². The maximum Gasteiger partial charge on any atom is 0.303 e. The van der Waals surface area contributed by atoms with Crippen LogP contribution in [0.2, 0.25) is 0 Å². The Morgan fingerprint density at radius 2 is 1.39 bits per heavy atom. The number of thioether (sulfide) groups is 1. The molecule has 0 radical (unpaired) electrons. The van der Waals surface area contributed by atoms with Crippen molar-refractivity contribution in [2.75, 3.05) is 12.4 Å². The van der Waals surface area contributed by atoms with Gasteiger partial charge in [0.25, 0.3) is 0 Å². The van der Waals surface area contributed by atoms with Gasteiger partial charge in [-0.25, -0.2) is 4.39 Å². The summed E-state index contributed by atoms with van der Waals surface area (Å²) in [6.07, 6.45) is 4.23. The first kappa shape index (κ1) is 27.7. The van der Waals surface area contributed by atoms with E-state index < -0.39 is 47.8 Å². The van der Waals surface area contributed by atoms with E-state index in [1.165, 1.54) is 57.7 Å². The van der Waals surface area contributed by atoms with Crippen molar-refractivity contribution in [2.45, 2.75) is 109 Å². The van der Waals surface area contributed by atoms with Crippen molar-refractivity contribution in [2.24, 2.45) is 0 Å². The first-order valence-corrected chi connectivity index (χ1v) is 12.2. The van der Waals surface area contributed by atoms with E-state index in [-0.39, 0.29) is 6.61 Å². The second-order valence-electron chi connectivity index (χ2n) is 7.78. The lowest BCUT2D eigenvalue weighted by Crippen LogP contribution is -2.59. The minimum absolute atomic E-state index is 0.230. The SMILES string of the molecule is CCCCCCCCCCS[C@H]1O[C@H](COC(C)=O)[C@@H](OC(C)=O)[C@H](OC(C)=O)[C@H]1F. The average Bonchev–Trinajstić information content (AvgIpc) is 2.69. The normalized spacial score (nSPS) is 25.6. The summed E-state index contributed by atoms with van der Waals surface area (Å²) in [6, 6.07) is 0. The predicted molar refractivity (Wildman–Crippen MR) is 116 cm³/mol. The third-order valence-corrected chi connectivity index (χ3v) is 6.13. The minimum atomic E-state index is -1.68. The van der Waals surface area contributed by atoms with E-state index in [0.29, 0.717) is 5.75 Å². The van der Waals surface area contributed by atoms with E-state index in [1.807, 2.05) is 0 Å². The van der Waals surface area contributed by atoms with Gasteiger partial charge in [0.1, 0.15) is 18.1 Å². The van der Waals surface area contributed by atoms with Crippen molar-refractivity contribution in [1.29, 1.82) is 0 Å². The van der Waals surface area contributed by atoms with Crippen molar-refractivity contribution in [1.82, 2.24) is 0 Å². The van der Waals surface area contributed by atoms with Gasteiger partial charge in [0.2, 0.25) is 0 Å². The number of esters is 3. The lowest BCUT2D eigenvalue weighted by atomic mass is 10.0. The zero-order chi connectivity index (χ0) is 23.2. The summed E-state index contributed by atoms with van der Waals surface area (Å²) in [4.78, 5) is 34.3. The first-order valence-electron chi connectivity index (χ1n) is 11.1. The molecular formula is C22H37FO7S. The average molecular weight is 465 g/mol. The van der Waals surface area contributed by atoms with Gasteiger partial charge in [-0.05, 0) is 12.2 Å². The molecule has 1 aliphatic heterocycles. The third-order valence-electron chi connectivity index (χ3n) is 4.91. The molecular weight excluding hydrogens is 427 g/mol. The molecule has 1 fully saturated rings. The Labute approximate surface area is 189 Å². The van der Waals surface area contributed by atoms with Gasteiger partial charge in [0.15, 0.2) is 18.4 Å². The Hall–Kier alpha value is -1.35. The Kier molecular flexibility index (Phi) is 13.8. The van der Waals surface area contributed by atoms with E-state index in [2.05, 4.69) is 6.92 Å². The number of hydrogen-bond acceptors (Lipinski definition) is 8. The highest BCUT2D eigenvalue weighted by atomic mass is 32.2. The van der Waals surface area contributed by atoms with Crippen LogP contribution in [0.5, 0.6) is 0 Å². The molecule has 180 valence electrons. The number of carbonyl (C=O) groups is 3. The van der Waals surface area contributed by atoms with Crippen LogP contribution in [0.3, 0.4) is 0 Å². The summed E-state index contributed by atoms with van der Waals surface area (Å²) in [5, 5.41) is 0. The molecule has 1 rings (SSSR count). The van der Waals surface area contributed by atoms with Crippen LogP contribution < -0.4 is 0 Å². The number of unbranched alkanes of at least 4 members (excludes halogenated alkanes) is 7. The zero-order valence-electron chi connectivity index (χ0n) is 19.1. The van der Waals surface area contributed by atoms with Gasteiger partial charge < -0.3 is 18.9 Å². The smallest absolute Gasteiger partial charge is 0.303 e. The first-order chi connectivity index (χ1) is 14.8. The molecule has 0 N–H and O–H groups in total. The van der Waals surface area contributed by atoms with E-state index in [4.69, 9.17) is 18.9 Å². The highest BCUT2D eigenvalue weighted by molar-refractivity contribution is 7.99. The quantitative estimate of drug-likeness (QED) is 0.213. The van der Waals surface area contributed by atoms with Gasteiger partial charge in [-0.2, -0.15) is 0 Å². The zero-order valence-corrected chi connectivity index (χ0v) is 19.9. The number of halogens is 1. The monoisotopic (exact) mass is 464 g/mol. The highest BCUT2D eigenvalue weighted by Gasteiger charge is 2.50. The molecule has 0 spiro atoms. The standard InChI is InChI=1S/C22H37FO7S/c1-5-6-7-8-9-10-11-12-13-31-22-19(23)21(29-17(4)26)20(28-16(3)25)18(30-22)14-27-15(2)24/h18-22H,5-14H2,1-4H3/t18-,19-,20-,21-,22-/m1/s1. The molecule has 0 amide bonds. The fourth-order valence-corrected chi connectivity index (χ4v) is 4.59. The Morgan fingerprint density at radius 3 is 1.94 bits per heavy atom. The van der Waals surface area contributed by atoms with Gasteiger partial charge in [0.05, 0.1) is 0 Å². The van der Waals surface area contributed by atoms with Crippen LogP contribution in [0.4, 0.5) is 4.39 Å². The van der Waals surface area contributed by atoms with Crippen molar-refractivity contribution in [3.05, 3.63) is 0 Å². The van der Waals surface area contributed by atoms with Crippen LogP contribution in [0, 0.1) is 0 Å². The Balaban J connectivity index is 2.65. The second kappa shape index (κ2) is 15.5. The van der Waals surface area contributed by atoms with E-state index in [1.54, 1.807) is 0 Å². The molecule has 0 aliphatic carbocycles. The van der Waals surface area contributed by atoms with Gasteiger partial charge in [-0.15, -0.1) is 11.8 Å². The van der Waals surface area contributed by atoms with Crippen molar-refractivity contribution < 1.29 is 37.7 Å². The number of ether oxygens (including phenoxy) is 4. The fourth-order valence-electron chi connectivity index (χ4n) is 3.43. The molecule has 1 saturated heterocycles. The van der Waals surface area contributed by atoms with Crippen LogP contribution in [0.25, 0.3) is 0 Å². The van der Waals surface area contributed by atoms with Crippen molar-refractivity contribution in [3.8, 4) is 0 Å². The maximum atomic E-state index is 15.2. The lowest BCUT2D eigenvalue weighted by molar-refractivity contribution is -0.221. The summed E-state index contributed by atoms with van der Waals surface area (Å²) in [6.45, 7) is 5.53. The van der Waals surface area contributed by atoms with Crippen LogP contribution in [0.15, 0.2) is 0 Å². The largest absolute Gasteiger partial charge is 0.463 e. The summed E-state index contributed by atoms with van der Waals surface area (Å²) in [5.74, 6) is -1.22. The number of carbonyl (C=O) groups excluding carboxylic acids is 3. The molecule has 0 aromatic carbocycles. The molecule has 0 unspecified atom stereocenters. The van der Waals surface area contributed by atoms with E-state index in [0.717, 1.165) is 26.2 Å². The maximum absolute atomic E-state index is 15.2. The topological polar surface area (TPSA) is 88.1 Å². The Bertz CT molecular complexity index is 560. The highest BCUT2D eigenvalue weighted by Crippen LogP contribution is 2.34.